The number of nitrogen functional groups attached to an aromatic ring is 1. The number of aromatic amines is 1. The first-order valence-corrected chi connectivity index (χ1v) is 4.29. The molecule has 5 nitrogen and oxygen atoms in total. The minimum Gasteiger partial charge on any atom is -0.487 e. The average Bonchev–Trinajstić information content (AvgIpc) is 2.61. The van der Waals surface area contributed by atoms with Crippen molar-refractivity contribution >= 4 is 5.82 Å². The lowest BCUT2D eigenvalue weighted by atomic mass is 10.3. The molecule has 0 spiro atoms. The zero-order valence-electron chi connectivity index (χ0n) is 7.77. The fourth-order valence-electron chi connectivity index (χ4n) is 1.08. The SMILES string of the molecule is Nc1n[nH]nc1COc1cccc(F)c1. The lowest BCUT2D eigenvalue weighted by Gasteiger charge is -2.03. The van der Waals surface area contributed by atoms with Gasteiger partial charge in [0.25, 0.3) is 0 Å². The van der Waals surface area contributed by atoms with E-state index in [1.807, 2.05) is 0 Å². The summed E-state index contributed by atoms with van der Waals surface area (Å²) in [4.78, 5) is 0. The first-order chi connectivity index (χ1) is 7.25. The number of H-pyrrole nitrogens is 1. The highest BCUT2D eigenvalue weighted by Crippen LogP contribution is 2.14. The number of rotatable bonds is 3. The second kappa shape index (κ2) is 3.95. The molecule has 1 aromatic heterocycles. The van der Waals surface area contributed by atoms with Crippen LogP contribution in [0.15, 0.2) is 24.3 Å². The van der Waals surface area contributed by atoms with E-state index < -0.39 is 0 Å². The molecule has 78 valence electrons. The molecular weight excluding hydrogens is 199 g/mol. The monoisotopic (exact) mass is 208 g/mol. The first kappa shape index (κ1) is 9.45. The summed E-state index contributed by atoms with van der Waals surface area (Å²) in [6.45, 7) is 0.159. The zero-order valence-corrected chi connectivity index (χ0v) is 7.77. The number of nitrogens with zero attached hydrogens (tertiary/aromatic N) is 2. The number of halogens is 1. The van der Waals surface area contributed by atoms with E-state index in [0.717, 1.165) is 0 Å². The molecule has 2 rings (SSSR count). The van der Waals surface area contributed by atoms with Crippen LogP contribution in [0, 0.1) is 5.82 Å². The molecule has 0 radical (unpaired) electrons. The van der Waals surface area contributed by atoms with Crippen molar-refractivity contribution in [3.8, 4) is 5.75 Å². The predicted molar refractivity (Wildman–Crippen MR) is 51.5 cm³/mol. The Morgan fingerprint density at radius 1 is 1.40 bits per heavy atom. The molecule has 1 heterocycles. The van der Waals surface area contributed by atoms with E-state index in [9.17, 15) is 4.39 Å². The number of ether oxygens (including phenoxy) is 1. The third-order valence-electron chi connectivity index (χ3n) is 1.82. The van der Waals surface area contributed by atoms with Crippen molar-refractivity contribution in [3.63, 3.8) is 0 Å². The largest absolute Gasteiger partial charge is 0.487 e. The molecule has 15 heavy (non-hydrogen) atoms. The lowest BCUT2D eigenvalue weighted by Crippen LogP contribution is -1.99. The lowest BCUT2D eigenvalue weighted by molar-refractivity contribution is 0.300. The van der Waals surface area contributed by atoms with Crippen LogP contribution < -0.4 is 10.5 Å². The molecule has 0 aliphatic rings. The van der Waals surface area contributed by atoms with Gasteiger partial charge in [0.2, 0.25) is 0 Å². The van der Waals surface area contributed by atoms with Crippen LogP contribution in [0.4, 0.5) is 10.2 Å². The predicted octanol–water partition coefficient (Wildman–Crippen LogP) is 1.10. The van der Waals surface area contributed by atoms with Gasteiger partial charge in [0.15, 0.2) is 5.82 Å². The molecule has 0 saturated heterocycles. The molecule has 0 atom stereocenters. The summed E-state index contributed by atoms with van der Waals surface area (Å²) in [5.41, 5.74) is 5.97. The van der Waals surface area contributed by atoms with Gasteiger partial charge in [-0.05, 0) is 12.1 Å². The summed E-state index contributed by atoms with van der Waals surface area (Å²) in [7, 11) is 0. The number of aromatic nitrogens is 3. The summed E-state index contributed by atoms with van der Waals surface area (Å²) in [5.74, 6) is 0.365. The number of hydrogen-bond acceptors (Lipinski definition) is 4. The number of anilines is 1. The Kier molecular flexibility index (Phi) is 2.49. The van der Waals surface area contributed by atoms with Gasteiger partial charge in [0, 0.05) is 6.07 Å². The number of hydrogen-bond donors (Lipinski definition) is 2. The van der Waals surface area contributed by atoms with Gasteiger partial charge in [-0.2, -0.15) is 10.3 Å². The van der Waals surface area contributed by atoms with Gasteiger partial charge in [-0.1, -0.05) is 6.07 Å². The van der Waals surface area contributed by atoms with E-state index in [2.05, 4.69) is 15.4 Å². The molecular formula is C9H9FN4O. The zero-order chi connectivity index (χ0) is 10.7. The molecule has 2 aromatic rings. The molecule has 0 amide bonds. The van der Waals surface area contributed by atoms with Crippen LogP contribution in [0.3, 0.4) is 0 Å². The van der Waals surface area contributed by atoms with E-state index in [-0.39, 0.29) is 18.2 Å². The maximum absolute atomic E-state index is 12.8. The Bertz CT molecular complexity index is 457. The van der Waals surface area contributed by atoms with E-state index in [1.165, 1.54) is 12.1 Å². The minimum atomic E-state index is -0.347. The van der Waals surface area contributed by atoms with Crippen molar-refractivity contribution in [1.29, 1.82) is 0 Å². The van der Waals surface area contributed by atoms with E-state index in [0.29, 0.717) is 11.4 Å². The third-order valence-corrected chi connectivity index (χ3v) is 1.82. The van der Waals surface area contributed by atoms with Crippen molar-refractivity contribution in [2.45, 2.75) is 6.61 Å². The minimum absolute atomic E-state index is 0.159. The summed E-state index contributed by atoms with van der Waals surface area (Å²) in [6, 6.07) is 5.85. The molecule has 1 aromatic carbocycles. The molecule has 3 N–H and O–H groups in total. The van der Waals surface area contributed by atoms with Crippen LogP contribution in [0.1, 0.15) is 5.69 Å². The van der Waals surface area contributed by atoms with Crippen molar-refractivity contribution in [1.82, 2.24) is 15.4 Å². The third kappa shape index (κ3) is 2.22. The maximum atomic E-state index is 12.8. The van der Waals surface area contributed by atoms with E-state index in [1.54, 1.807) is 12.1 Å². The standard InChI is InChI=1S/C9H9FN4O/c10-6-2-1-3-7(4-6)15-5-8-9(11)13-14-12-8/h1-4H,5H2,(H3,11,12,13,14). The van der Waals surface area contributed by atoms with Gasteiger partial charge in [-0.3, -0.25) is 0 Å². The molecule has 0 unspecified atom stereocenters. The van der Waals surface area contributed by atoms with E-state index >= 15 is 0 Å². The van der Waals surface area contributed by atoms with Gasteiger partial charge in [-0.15, -0.1) is 5.10 Å². The van der Waals surface area contributed by atoms with Gasteiger partial charge < -0.3 is 10.5 Å². The van der Waals surface area contributed by atoms with E-state index in [4.69, 9.17) is 10.5 Å². The highest BCUT2D eigenvalue weighted by atomic mass is 19.1. The molecule has 0 aliphatic heterocycles. The van der Waals surface area contributed by atoms with Crippen molar-refractivity contribution in [3.05, 3.63) is 35.8 Å². The number of nitrogens with one attached hydrogen (secondary N) is 1. The van der Waals surface area contributed by atoms with Crippen LogP contribution in [0.5, 0.6) is 5.75 Å². The summed E-state index contributed by atoms with van der Waals surface area (Å²) in [6.07, 6.45) is 0. The summed E-state index contributed by atoms with van der Waals surface area (Å²) >= 11 is 0. The summed E-state index contributed by atoms with van der Waals surface area (Å²) in [5, 5.41) is 9.77. The highest BCUT2D eigenvalue weighted by Gasteiger charge is 2.04. The number of benzene rings is 1. The van der Waals surface area contributed by atoms with Crippen LogP contribution in [0.2, 0.25) is 0 Å². The Morgan fingerprint density at radius 2 is 2.27 bits per heavy atom. The van der Waals surface area contributed by atoms with Gasteiger partial charge in [-0.25, -0.2) is 4.39 Å². The maximum Gasteiger partial charge on any atom is 0.172 e. The topological polar surface area (TPSA) is 76.8 Å². The van der Waals surface area contributed by atoms with Crippen molar-refractivity contribution in [2.75, 3.05) is 5.73 Å². The molecule has 6 heteroatoms. The van der Waals surface area contributed by atoms with Gasteiger partial charge in [0.05, 0.1) is 0 Å². The quantitative estimate of drug-likeness (QED) is 0.791. The fourth-order valence-corrected chi connectivity index (χ4v) is 1.08. The fraction of sp³-hybridized carbons (Fsp3) is 0.111. The first-order valence-electron chi connectivity index (χ1n) is 4.29. The van der Waals surface area contributed by atoms with Crippen LogP contribution in [-0.2, 0) is 6.61 Å². The van der Waals surface area contributed by atoms with Crippen LogP contribution in [0.25, 0.3) is 0 Å². The average molecular weight is 208 g/mol. The smallest absolute Gasteiger partial charge is 0.172 e. The van der Waals surface area contributed by atoms with Crippen LogP contribution >= 0.6 is 0 Å². The Hall–Kier alpha value is -2.11. The summed E-state index contributed by atoms with van der Waals surface area (Å²) < 4.78 is 18.0. The van der Waals surface area contributed by atoms with Crippen molar-refractivity contribution in [2.24, 2.45) is 0 Å². The second-order valence-corrected chi connectivity index (χ2v) is 2.90. The molecule has 0 bridgehead atoms. The Morgan fingerprint density at radius 3 is 2.93 bits per heavy atom. The van der Waals surface area contributed by atoms with Crippen molar-refractivity contribution < 1.29 is 9.13 Å². The molecule has 0 saturated carbocycles. The van der Waals surface area contributed by atoms with Gasteiger partial charge >= 0.3 is 0 Å². The van der Waals surface area contributed by atoms with Gasteiger partial charge in [0.1, 0.15) is 23.9 Å². The highest BCUT2D eigenvalue weighted by molar-refractivity contribution is 5.31. The number of nitrogens with two attached hydrogens (primary N) is 1. The Balaban J connectivity index is 2.02. The molecule has 0 fully saturated rings. The molecule has 0 aliphatic carbocycles. The second-order valence-electron chi connectivity index (χ2n) is 2.90. The normalized spacial score (nSPS) is 10.2. The van der Waals surface area contributed by atoms with Crippen LogP contribution in [-0.4, -0.2) is 15.4 Å². The Labute approximate surface area is 85.1 Å².